The van der Waals surface area contributed by atoms with E-state index in [1.165, 1.54) is 13.0 Å². The number of nitrogens with zero attached hydrogens (tertiary/aromatic N) is 2. The van der Waals surface area contributed by atoms with Crippen molar-refractivity contribution in [2.45, 2.75) is 6.92 Å². The third kappa shape index (κ3) is 3.27. The fraction of sp³-hybridized carbons (Fsp3) is 0.0476. The molecule has 0 unspecified atom stereocenters. The first-order chi connectivity index (χ1) is 13.9. The number of rotatable bonds is 3. The van der Waals surface area contributed by atoms with Crippen LogP contribution in [0.4, 0.5) is 19.6 Å². The normalized spacial score (nSPS) is 12.9. The van der Waals surface area contributed by atoms with E-state index in [1.807, 2.05) is 0 Å². The fourth-order valence-electron chi connectivity index (χ4n) is 3.07. The van der Waals surface area contributed by atoms with Gasteiger partial charge in [0.25, 0.3) is 0 Å². The van der Waals surface area contributed by atoms with Gasteiger partial charge in [0, 0.05) is 29.5 Å². The van der Waals surface area contributed by atoms with E-state index >= 15 is 0 Å². The van der Waals surface area contributed by atoms with Gasteiger partial charge in [-0.15, -0.1) is 11.3 Å². The van der Waals surface area contributed by atoms with E-state index < -0.39 is 29.1 Å². The fourth-order valence-corrected chi connectivity index (χ4v) is 3.90. The smallest absolute Gasteiger partial charge is 0.230 e. The average Bonchev–Trinajstić information content (AvgIpc) is 3.23. The summed E-state index contributed by atoms with van der Waals surface area (Å²) in [5, 5.41) is 1.67. The molecule has 0 spiro atoms. The second-order valence-corrected chi connectivity index (χ2v) is 7.10. The van der Waals surface area contributed by atoms with Crippen LogP contribution in [0.5, 0.6) is 0 Å². The number of halogens is 2. The Morgan fingerprint density at radius 3 is 2.31 bits per heavy atom. The number of ketones is 2. The standard InChI is InChI=1S/C21H12F2N2O3S/c1-11(26)25(18-7-6-12(22)8-17(18)23)21-24-13(10-29-21)9-16-19(27)14-4-2-3-5-15(14)20(16)28/h2-10H,1H3. The zero-order chi connectivity index (χ0) is 20.7. The van der Waals surface area contributed by atoms with Crippen LogP contribution in [-0.2, 0) is 4.79 Å². The molecule has 0 saturated heterocycles. The molecule has 1 aromatic heterocycles. The molecule has 0 N–H and O–H groups in total. The molecule has 1 amide bonds. The lowest BCUT2D eigenvalue weighted by Gasteiger charge is -2.18. The van der Waals surface area contributed by atoms with Crippen LogP contribution >= 0.6 is 11.3 Å². The summed E-state index contributed by atoms with van der Waals surface area (Å²) in [6.45, 7) is 1.23. The zero-order valence-electron chi connectivity index (χ0n) is 15.0. The molecule has 3 aromatic rings. The van der Waals surface area contributed by atoms with Crippen molar-refractivity contribution in [3.05, 3.63) is 81.9 Å². The van der Waals surface area contributed by atoms with Gasteiger partial charge >= 0.3 is 0 Å². The molecule has 0 saturated carbocycles. The first-order valence-corrected chi connectivity index (χ1v) is 9.36. The van der Waals surface area contributed by atoms with Crippen molar-refractivity contribution in [3.8, 4) is 0 Å². The highest BCUT2D eigenvalue weighted by Crippen LogP contribution is 2.33. The number of hydrogen-bond donors (Lipinski definition) is 0. The number of carbonyl (C=O) groups is 3. The van der Waals surface area contributed by atoms with Crippen molar-refractivity contribution in [3.63, 3.8) is 0 Å². The van der Waals surface area contributed by atoms with Crippen molar-refractivity contribution in [2.75, 3.05) is 4.90 Å². The maximum atomic E-state index is 14.2. The van der Waals surface area contributed by atoms with Gasteiger partial charge in [0.05, 0.1) is 17.0 Å². The summed E-state index contributed by atoms with van der Waals surface area (Å²) in [7, 11) is 0. The molecule has 2 aromatic carbocycles. The van der Waals surface area contributed by atoms with Crippen LogP contribution in [0.15, 0.2) is 53.4 Å². The third-order valence-electron chi connectivity index (χ3n) is 4.36. The number of benzene rings is 2. The minimum absolute atomic E-state index is 0.0228. The molecule has 4 rings (SSSR count). The van der Waals surface area contributed by atoms with Crippen LogP contribution < -0.4 is 4.90 Å². The van der Waals surface area contributed by atoms with Gasteiger partial charge in [-0.05, 0) is 18.2 Å². The zero-order valence-corrected chi connectivity index (χ0v) is 15.8. The Morgan fingerprint density at radius 2 is 1.72 bits per heavy atom. The van der Waals surface area contributed by atoms with Crippen LogP contribution in [0, 0.1) is 11.6 Å². The first-order valence-electron chi connectivity index (χ1n) is 8.48. The average molecular weight is 410 g/mol. The lowest BCUT2D eigenvalue weighted by atomic mass is 10.1. The molecule has 0 radical (unpaired) electrons. The highest BCUT2D eigenvalue weighted by Gasteiger charge is 2.33. The summed E-state index contributed by atoms with van der Waals surface area (Å²) in [4.78, 5) is 42.3. The molecule has 8 heteroatoms. The van der Waals surface area contributed by atoms with Crippen molar-refractivity contribution < 1.29 is 23.2 Å². The quantitative estimate of drug-likeness (QED) is 0.469. The van der Waals surface area contributed by atoms with E-state index in [0.717, 1.165) is 28.4 Å². The van der Waals surface area contributed by atoms with E-state index in [1.54, 1.807) is 29.6 Å². The van der Waals surface area contributed by atoms with Crippen LogP contribution in [0.25, 0.3) is 6.08 Å². The predicted molar refractivity (Wildman–Crippen MR) is 104 cm³/mol. The highest BCUT2D eigenvalue weighted by molar-refractivity contribution is 7.14. The van der Waals surface area contributed by atoms with Crippen molar-refractivity contribution in [2.24, 2.45) is 0 Å². The van der Waals surface area contributed by atoms with E-state index in [4.69, 9.17) is 0 Å². The molecule has 0 atom stereocenters. The summed E-state index contributed by atoms with van der Waals surface area (Å²) in [6.07, 6.45) is 1.35. The SMILES string of the molecule is CC(=O)N(c1nc(C=C2C(=O)c3ccccc3C2=O)cs1)c1ccc(F)cc1F. The Kier molecular flexibility index (Phi) is 4.63. The number of thiazole rings is 1. The molecular formula is C21H12F2N2O3S. The topological polar surface area (TPSA) is 67.3 Å². The first kappa shape index (κ1) is 18.8. The number of carbonyl (C=O) groups excluding carboxylic acids is 3. The minimum Gasteiger partial charge on any atom is -0.288 e. The van der Waals surface area contributed by atoms with E-state index in [0.29, 0.717) is 17.2 Å². The number of aromatic nitrogens is 1. The van der Waals surface area contributed by atoms with E-state index in [9.17, 15) is 23.2 Å². The summed E-state index contributed by atoms with van der Waals surface area (Å²) >= 11 is 1.03. The number of allylic oxidation sites excluding steroid dienone is 1. The molecule has 1 heterocycles. The number of hydrogen-bond acceptors (Lipinski definition) is 5. The molecular weight excluding hydrogens is 398 g/mol. The van der Waals surface area contributed by atoms with Crippen LogP contribution in [0.2, 0.25) is 0 Å². The Balaban J connectivity index is 1.71. The molecule has 1 aliphatic carbocycles. The van der Waals surface area contributed by atoms with Gasteiger partial charge in [-0.2, -0.15) is 0 Å². The summed E-state index contributed by atoms with van der Waals surface area (Å²) in [6, 6.07) is 9.38. The van der Waals surface area contributed by atoms with Crippen LogP contribution in [0.1, 0.15) is 33.3 Å². The molecule has 0 bridgehead atoms. The van der Waals surface area contributed by atoms with Crippen LogP contribution in [0.3, 0.4) is 0 Å². The van der Waals surface area contributed by atoms with E-state index in [2.05, 4.69) is 4.98 Å². The molecule has 5 nitrogen and oxygen atoms in total. The van der Waals surface area contributed by atoms with Crippen molar-refractivity contribution in [1.29, 1.82) is 0 Å². The molecule has 0 fully saturated rings. The maximum Gasteiger partial charge on any atom is 0.230 e. The monoisotopic (exact) mass is 410 g/mol. The summed E-state index contributed by atoms with van der Waals surface area (Å²) in [5.41, 5.74) is 0.775. The Morgan fingerprint density at radius 1 is 1.07 bits per heavy atom. The minimum atomic E-state index is -0.910. The van der Waals surface area contributed by atoms with Crippen LogP contribution in [-0.4, -0.2) is 22.5 Å². The van der Waals surface area contributed by atoms with Gasteiger partial charge < -0.3 is 0 Å². The van der Waals surface area contributed by atoms with Gasteiger partial charge in [-0.1, -0.05) is 24.3 Å². The summed E-state index contributed by atoms with van der Waals surface area (Å²) in [5.74, 6) is -2.99. The largest absolute Gasteiger partial charge is 0.288 e. The number of Topliss-reactive ketones (excluding diaryl/α,β-unsaturated/α-hetero) is 2. The highest BCUT2D eigenvalue weighted by atomic mass is 32.1. The Hall–Kier alpha value is -3.52. The summed E-state index contributed by atoms with van der Waals surface area (Å²) < 4.78 is 27.4. The molecule has 144 valence electrons. The number of fused-ring (bicyclic) bond motifs is 1. The molecule has 0 aliphatic heterocycles. The van der Waals surface area contributed by atoms with Gasteiger partial charge in [0.2, 0.25) is 5.91 Å². The number of amides is 1. The maximum absolute atomic E-state index is 14.2. The third-order valence-corrected chi connectivity index (χ3v) is 5.21. The number of anilines is 2. The second-order valence-electron chi connectivity index (χ2n) is 6.27. The van der Waals surface area contributed by atoms with Gasteiger partial charge in [0.1, 0.15) is 11.6 Å². The predicted octanol–water partition coefficient (Wildman–Crippen LogP) is 4.57. The molecule has 1 aliphatic rings. The Bertz CT molecular complexity index is 1180. The van der Waals surface area contributed by atoms with Crippen molar-refractivity contribution >= 4 is 45.7 Å². The van der Waals surface area contributed by atoms with Crippen molar-refractivity contribution in [1.82, 2.24) is 4.98 Å². The Labute approximate surface area is 167 Å². The lowest BCUT2D eigenvalue weighted by molar-refractivity contribution is -0.115. The van der Waals surface area contributed by atoms with Gasteiger partial charge in [-0.25, -0.2) is 13.8 Å². The second kappa shape index (κ2) is 7.14. The van der Waals surface area contributed by atoms with E-state index in [-0.39, 0.29) is 22.1 Å². The van der Waals surface area contributed by atoms with Gasteiger partial charge in [-0.3, -0.25) is 19.3 Å². The van der Waals surface area contributed by atoms with Gasteiger partial charge in [0.15, 0.2) is 16.7 Å². The lowest BCUT2D eigenvalue weighted by Crippen LogP contribution is -2.23. The molecule has 29 heavy (non-hydrogen) atoms.